The third kappa shape index (κ3) is 5.96. The van der Waals surface area contributed by atoms with Crippen LogP contribution in [0, 0.1) is 25.1 Å². The number of hydrogen-bond acceptors (Lipinski definition) is 4. The van der Waals surface area contributed by atoms with Gasteiger partial charge in [-0.05, 0) is 43.0 Å². The summed E-state index contributed by atoms with van der Waals surface area (Å²) in [7, 11) is -1.41. The van der Waals surface area contributed by atoms with Crippen molar-refractivity contribution in [3.8, 4) is 0 Å². The Morgan fingerprint density at radius 1 is 1.16 bits per heavy atom. The second kappa shape index (κ2) is 10.3. The Morgan fingerprint density at radius 2 is 1.75 bits per heavy atom. The summed E-state index contributed by atoms with van der Waals surface area (Å²) < 4.78 is 19.9. The number of aryl methyl sites for hydroxylation is 2. The first-order valence-corrected chi connectivity index (χ1v) is 10.8. The fourth-order valence-corrected chi connectivity index (χ4v) is 3.53. The van der Waals surface area contributed by atoms with Crippen LogP contribution in [0.4, 0.5) is 4.39 Å². The van der Waals surface area contributed by atoms with Gasteiger partial charge in [0, 0.05) is 17.6 Å². The lowest BCUT2D eigenvalue weighted by Crippen LogP contribution is -2.50. The smallest absolute Gasteiger partial charge is 0.423 e. The van der Waals surface area contributed by atoms with Crippen LogP contribution < -0.4 is 10.9 Å². The molecule has 8 heteroatoms. The van der Waals surface area contributed by atoms with Crippen LogP contribution in [0.1, 0.15) is 72.0 Å². The monoisotopic (exact) mass is 442 g/mol. The molecule has 0 radical (unpaired) electrons. The van der Waals surface area contributed by atoms with Gasteiger partial charge in [0.1, 0.15) is 5.82 Å². The van der Waals surface area contributed by atoms with E-state index in [9.17, 15) is 19.0 Å². The molecule has 1 heterocycles. The Balaban J connectivity index is 0.00000176. The molecular formula is C24H32BFN2O4. The van der Waals surface area contributed by atoms with Gasteiger partial charge in [-0.25, -0.2) is 9.40 Å². The Labute approximate surface area is 189 Å². The SMILES string of the molecule is CC.Cc1cc(C)cc(C(=O)N(CC(C)(C)C)NC(=O)c2ccc3c(c2F)B(O)OC3)c1. The molecule has 172 valence electrons. The minimum Gasteiger partial charge on any atom is -0.423 e. The lowest BCUT2D eigenvalue weighted by atomic mass is 9.78. The van der Waals surface area contributed by atoms with Crippen LogP contribution in [0.15, 0.2) is 30.3 Å². The Kier molecular flexibility index (Phi) is 8.21. The molecule has 0 bridgehead atoms. The van der Waals surface area contributed by atoms with Crippen molar-refractivity contribution in [3.05, 3.63) is 64.0 Å². The fraction of sp³-hybridized carbons (Fsp3) is 0.417. The second-order valence-corrected chi connectivity index (χ2v) is 8.93. The standard InChI is InChI=1S/C22H26BFN2O4.C2H6/c1-13-8-14(2)10-16(9-13)21(28)26(12-22(3,4)5)25-20(27)17-7-6-15-11-30-23(29)18(15)19(17)24;1-2/h6-10,29H,11-12H2,1-5H3,(H,25,27);1-2H3. The summed E-state index contributed by atoms with van der Waals surface area (Å²) in [4.78, 5) is 26.0. The molecule has 2 N–H and O–H groups in total. The predicted molar refractivity (Wildman–Crippen MR) is 124 cm³/mol. The van der Waals surface area contributed by atoms with Gasteiger partial charge in [0.25, 0.3) is 11.8 Å². The van der Waals surface area contributed by atoms with Crippen molar-refractivity contribution >= 4 is 24.4 Å². The van der Waals surface area contributed by atoms with Gasteiger partial charge in [-0.3, -0.25) is 15.0 Å². The minimum atomic E-state index is -1.41. The maximum atomic E-state index is 14.9. The van der Waals surface area contributed by atoms with Gasteiger partial charge >= 0.3 is 7.12 Å². The molecule has 0 atom stereocenters. The van der Waals surface area contributed by atoms with Crippen molar-refractivity contribution in [1.82, 2.24) is 10.4 Å². The minimum absolute atomic E-state index is 0.0364. The third-order valence-electron chi connectivity index (χ3n) is 4.74. The molecule has 0 saturated carbocycles. The van der Waals surface area contributed by atoms with E-state index in [2.05, 4.69) is 5.43 Å². The van der Waals surface area contributed by atoms with Crippen LogP contribution in [0.25, 0.3) is 0 Å². The predicted octanol–water partition coefficient (Wildman–Crippen LogP) is 3.52. The highest BCUT2D eigenvalue weighted by Crippen LogP contribution is 2.19. The van der Waals surface area contributed by atoms with Crippen LogP contribution in [-0.2, 0) is 11.3 Å². The number of hydrogen-bond donors (Lipinski definition) is 2. The van der Waals surface area contributed by atoms with E-state index in [0.29, 0.717) is 11.1 Å². The average molecular weight is 442 g/mol. The average Bonchev–Trinajstić information content (AvgIpc) is 3.08. The van der Waals surface area contributed by atoms with Crippen LogP contribution in [0.2, 0.25) is 0 Å². The first-order valence-electron chi connectivity index (χ1n) is 10.8. The number of fused-ring (bicyclic) bond motifs is 1. The van der Waals surface area contributed by atoms with Crippen molar-refractivity contribution < 1.29 is 23.7 Å². The van der Waals surface area contributed by atoms with E-state index < -0.39 is 18.8 Å². The number of rotatable bonds is 3. The van der Waals surface area contributed by atoms with Crippen molar-refractivity contribution in [2.24, 2.45) is 5.41 Å². The third-order valence-corrected chi connectivity index (χ3v) is 4.74. The second-order valence-electron chi connectivity index (χ2n) is 8.93. The largest absolute Gasteiger partial charge is 0.494 e. The van der Waals surface area contributed by atoms with Gasteiger partial charge in [0.05, 0.1) is 12.2 Å². The number of halogens is 1. The van der Waals surface area contributed by atoms with Gasteiger partial charge in [0.15, 0.2) is 0 Å². The van der Waals surface area contributed by atoms with E-state index in [1.54, 1.807) is 18.2 Å². The molecule has 0 spiro atoms. The molecule has 2 amide bonds. The number of nitrogens with zero attached hydrogens (tertiary/aromatic N) is 1. The topological polar surface area (TPSA) is 78.9 Å². The molecule has 6 nitrogen and oxygen atoms in total. The number of benzene rings is 2. The Hall–Kier alpha value is -2.71. The highest BCUT2D eigenvalue weighted by atomic mass is 19.1. The summed E-state index contributed by atoms with van der Waals surface area (Å²) in [5.41, 5.74) is 4.74. The van der Waals surface area contributed by atoms with E-state index in [0.717, 1.165) is 11.1 Å². The molecule has 3 rings (SSSR count). The zero-order valence-electron chi connectivity index (χ0n) is 19.9. The Bertz CT molecular complexity index is 984. The van der Waals surface area contributed by atoms with Crippen LogP contribution in [-0.4, -0.2) is 35.5 Å². The zero-order chi connectivity index (χ0) is 24.2. The maximum absolute atomic E-state index is 14.9. The lowest BCUT2D eigenvalue weighted by Gasteiger charge is -2.30. The highest BCUT2D eigenvalue weighted by molar-refractivity contribution is 6.61. The zero-order valence-corrected chi connectivity index (χ0v) is 19.9. The van der Waals surface area contributed by atoms with Gasteiger partial charge < -0.3 is 9.68 Å². The van der Waals surface area contributed by atoms with Crippen molar-refractivity contribution in [2.75, 3.05) is 6.54 Å². The molecule has 1 aliphatic rings. The molecule has 0 fully saturated rings. The van der Waals surface area contributed by atoms with Gasteiger partial charge in [-0.2, -0.15) is 0 Å². The molecular weight excluding hydrogens is 410 g/mol. The summed E-state index contributed by atoms with van der Waals surface area (Å²) in [6.45, 7) is 13.9. The van der Waals surface area contributed by atoms with Crippen molar-refractivity contribution in [1.29, 1.82) is 0 Å². The van der Waals surface area contributed by atoms with E-state index in [1.807, 2.05) is 54.5 Å². The first kappa shape index (κ1) is 25.6. The fourth-order valence-electron chi connectivity index (χ4n) is 3.53. The first-order chi connectivity index (χ1) is 15.0. The van der Waals surface area contributed by atoms with E-state index in [-0.39, 0.29) is 35.5 Å². The molecule has 2 aromatic rings. The van der Waals surface area contributed by atoms with Crippen molar-refractivity contribution in [3.63, 3.8) is 0 Å². The molecule has 32 heavy (non-hydrogen) atoms. The van der Waals surface area contributed by atoms with E-state index >= 15 is 0 Å². The summed E-state index contributed by atoms with van der Waals surface area (Å²) >= 11 is 0. The molecule has 1 aliphatic heterocycles. The molecule has 0 saturated heterocycles. The number of carbonyl (C=O) groups is 2. The molecule has 0 aromatic heterocycles. The van der Waals surface area contributed by atoms with Crippen LogP contribution in [0.5, 0.6) is 0 Å². The van der Waals surface area contributed by atoms with Gasteiger partial charge in [-0.1, -0.05) is 57.9 Å². The molecule has 0 aliphatic carbocycles. The summed E-state index contributed by atoms with van der Waals surface area (Å²) in [6, 6.07) is 8.34. The summed E-state index contributed by atoms with van der Waals surface area (Å²) in [6.07, 6.45) is 0. The van der Waals surface area contributed by atoms with Crippen molar-refractivity contribution in [2.45, 2.75) is 55.1 Å². The quantitative estimate of drug-likeness (QED) is 0.563. The van der Waals surface area contributed by atoms with Crippen LogP contribution in [0.3, 0.4) is 0 Å². The summed E-state index contributed by atoms with van der Waals surface area (Å²) in [5, 5.41) is 11.1. The summed E-state index contributed by atoms with van der Waals surface area (Å²) in [5.74, 6) is -1.99. The number of nitrogens with one attached hydrogen (secondary N) is 1. The number of carbonyl (C=O) groups excluding carboxylic acids is 2. The van der Waals surface area contributed by atoms with Gasteiger partial charge in [-0.15, -0.1) is 0 Å². The van der Waals surface area contributed by atoms with E-state index in [1.165, 1.54) is 11.1 Å². The van der Waals surface area contributed by atoms with E-state index in [4.69, 9.17) is 4.65 Å². The molecule has 2 aromatic carbocycles. The van der Waals surface area contributed by atoms with Crippen LogP contribution >= 0.6 is 0 Å². The maximum Gasteiger partial charge on any atom is 0.494 e. The van der Waals surface area contributed by atoms with Gasteiger partial charge in [0.2, 0.25) is 0 Å². The Morgan fingerprint density at radius 3 is 2.31 bits per heavy atom. The number of amides is 2. The lowest BCUT2D eigenvalue weighted by molar-refractivity contribution is 0.0507. The normalized spacial score (nSPS) is 12.6. The number of hydrazine groups is 1. The highest BCUT2D eigenvalue weighted by Gasteiger charge is 2.34. The molecule has 0 unspecified atom stereocenters.